The number of nitriles is 1. The first kappa shape index (κ1) is 9.60. The minimum absolute atomic E-state index is 0.436. The molecule has 2 nitrogen and oxygen atoms in total. The summed E-state index contributed by atoms with van der Waals surface area (Å²) in [5.41, 5.74) is 2.42. The van der Waals surface area contributed by atoms with Crippen LogP contribution in [0.2, 0.25) is 0 Å². The first-order valence-corrected chi connectivity index (χ1v) is 4.45. The van der Waals surface area contributed by atoms with E-state index in [0.717, 1.165) is 12.1 Å². The quantitative estimate of drug-likeness (QED) is 0.657. The van der Waals surface area contributed by atoms with E-state index in [0.29, 0.717) is 6.54 Å². The van der Waals surface area contributed by atoms with Crippen LogP contribution < -0.4 is 4.90 Å². The van der Waals surface area contributed by atoms with E-state index in [-0.39, 0.29) is 0 Å². The van der Waals surface area contributed by atoms with Crippen LogP contribution in [0.1, 0.15) is 12.5 Å². The molecule has 0 amide bonds. The molecule has 68 valence electrons. The first-order chi connectivity index (χ1) is 6.27. The Labute approximate surface area is 79.4 Å². The van der Waals surface area contributed by atoms with E-state index >= 15 is 0 Å². The minimum Gasteiger partial charge on any atom is -0.361 e. The lowest BCUT2D eigenvalue weighted by Crippen LogP contribution is -2.16. The number of hydrogen-bond donors (Lipinski definition) is 0. The molecule has 13 heavy (non-hydrogen) atoms. The Balaban J connectivity index is 2.74. The Bertz CT molecular complexity index is 295. The highest BCUT2D eigenvalue weighted by molar-refractivity contribution is 5.47. The molecule has 2 heteroatoms. The Hall–Kier alpha value is -1.49. The van der Waals surface area contributed by atoms with Crippen LogP contribution in [0.4, 0.5) is 5.69 Å². The summed E-state index contributed by atoms with van der Waals surface area (Å²) in [6.45, 7) is 2.57. The van der Waals surface area contributed by atoms with Crippen molar-refractivity contribution in [3.63, 3.8) is 0 Å². The molecule has 0 aliphatic heterocycles. The average molecular weight is 174 g/mol. The van der Waals surface area contributed by atoms with Crippen molar-refractivity contribution in [2.24, 2.45) is 0 Å². The van der Waals surface area contributed by atoms with Gasteiger partial charge in [-0.25, -0.2) is 0 Å². The lowest BCUT2D eigenvalue weighted by Gasteiger charge is -2.15. The first-order valence-electron chi connectivity index (χ1n) is 4.45. The zero-order valence-electron chi connectivity index (χ0n) is 8.12. The number of rotatable bonds is 3. The van der Waals surface area contributed by atoms with Gasteiger partial charge >= 0.3 is 0 Å². The topological polar surface area (TPSA) is 27.0 Å². The van der Waals surface area contributed by atoms with Crippen LogP contribution >= 0.6 is 0 Å². The molecular weight excluding hydrogens is 160 g/mol. The normalized spacial score (nSPS) is 9.31. The predicted molar refractivity (Wildman–Crippen MR) is 54.7 cm³/mol. The van der Waals surface area contributed by atoms with Crippen molar-refractivity contribution in [2.45, 2.75) is 13.3 Å². The molecule has 0 aliphatic carbocycles. The van der Waals surface area contributed by atoms with Crippen molar-refractivity contribution >= 4 is 5.69 Å². The van der Waals surface area contributed by atoms with Crippen LogP contribution in [-0.4, -0.2) is 13.6 Å². The van der Waals surface area contributed by atoms with E-state index in [1.54, 1.807) is 0 Å². The van der Waals surface area contributed by atoms with E-state index in [4.69, 9.17) is 5.26 Å². The van der Waals surface area contributed by atoms with Gasteiger partial charge in [-0.2, -0.15) is 5.26 Å². The summed E-state index contributed by atoms with van der Waals surface area (Å²) in [6, 6.07) is 10.4. The van der Waals surface area contributed by atoms with Gasteiger partial charge in [-0.1, -0.05) is 19.1 Å². The van der Waals surface area contributed by atoms with E-state index in [1.165, 1.54) is 5.56 Å². The van der Waals surface area contributed by atoms with Crippen molar-refractivity contribution in [3.8, 4) is 6.07 Å². The van der Waals surface area contributed by atoms with Gasteiger partial charge in [0.1, 0.15) is 6.54 Å². The standard InChI is InChI=1S/C11H14N2/c1-3-10-4-6-11(7-5-10)13(2)9-8-12/h4-7H,3,9H2,1-2H3. The lowest BCUT2D eigenvalue weighted by atomic mass is 10.1. The van der Waals surface area contributed by atoms with E-state index < -0.39 is 0 Å². The van der Waals surface area contributed by atoms with Gasteiger partial charge in [-0.15, -0.1) is 0 Å². The van der Waals surface area contributed by atoms with Crippen molar-refractivity contribution in [1.29, 1.82) is 5.26 Å². The van der Waals surface area contributed by atoms with Crippen LogP contribution in [-0.2, 0) is 6.42 Å². The second kappa shape index (κ2) is 4.51. The van der Waals surface area contributed by atoms with Gasteiger partial charge in [0.2, 0.25) is 0 Å². The SMILES string of the molecule is CCc1ccc(N(C)CC#N)cc1. The monoisotopic (exact) mass is 174 g/mol. The second-order valence-electron chi connectivity index (χ2n) is 3.03. The Kier molecular flexibility index (Phi) is 3.33. The second-order valence-corrected chi connectivity index (χ2v) is 3.03. The maximum absolute atomic E-state index is 8.51. The molecule has 0 radical (unpaired) electrons. The van der Waals surface area contributed by atoms with Gasteiger partial charge in [0.25, 0.3) is 0 Å². The van der Waals surface area contributed by atoms with Crippen molar-refractivity contribution in [3.05, 3.63) is 29.8 Å². The largest absolute Gasteiger partial charge is 0.361 e. The lowest BCUT2D eigenvalue weighted by molar-refractivity contribution is 1.03. The molecule has 1 aromatic rings. The van der Waals surface area contributed by atoms with Gasteiger partial charge in [-0.05, 0) is 24.1 Å². The zero-order valence-corrected chi connectivity index (χ0v) is 8.12. The molecule has 0 aromatic heterocycles. The highest BCUT2D eigenvalue weighted by atomic mass is 15.1. The third-order valence-corrected chi connectivity index (χ3v) is 2.09. The summed E-state index contributed by atoms with van der Waals surface area (Å²) in [7, 11) is 1.92. The summed E-state index contributed by atoms with van der Waals surface area (Å²) in [5, 5.41) is 8.51. The number of hydrogen-bond acceptors (Lipinski definition) is 2. The van der Waals surface area contributed by atoms with Gasteiger partial charge < -0.3 is 4.90 Å². The molecule has 1 rings (SSSR count). The third-order valence-electron chi connectivity index (χ3n) is 2.09. The fraction of sp³-hybridized carbons (Fsp3) is 0.364. The highest BCUT2D eigenvalue weighted by Crippen LogP contribution is 2.13. The molecule has 0 unspecified atom stereocenters. The summed E-state index contributed by atoms with van der Waals surface area (Å²) >= 11 is 0. The van der Waals surface area contributed by atoms with Crippen molar-refractivity contribution in [2.75, 3.05) is 18.5 Å². The van der Waals surface area contributed by atoms with Crippen LogP contribution in [0, 0.1) is 11.3 Å². The van der Waals surface area contributed by atoms with Crippen LogP contribution in [0.5, 0.6) is 0 Å². The third kappa shape index (κ3) is 2.48. The smallest absolute Gasteiger partial charge is 0.105 e. The molecule has 0 saturated carbocycles. The fourth-order valence-electron chi connectivity index (χ4n) is 1.18. The minimum atomic E-state index is 0.436. The highest BCUT2D eigenvalue weighted by Gasteiger charge is 1.98. The maximum atomic E-state index is 8.51. The Morgan fingerprint density at radius 2 is 1.92 bits per heavy atom. The van der Waals surface area contributed by atoms with E-state index in [1.807, 2.05) is 11.9 Å². The molecule has 0 heterocycles. The molecule has 0 bridgehead atoms. The average Bonchev–Trinajstić information content (AvgIpc) is 2.18. The Morgan fingerprint density at radius 3 is 2.38 bits per heavy atom. The van der Waals surface area contributed by atoms with Crippen molar-refractivity contribution < 1.29 is 0 Å². The molecule has 1 aromatic carbocycles. The van der Waals surface area contributed by atoms with Gasteiger partial charge in [0.15, 0.2) is 0 Å². The molecule has 0 atom stereocenters. The van der Waals surface area contributed by atoms with Gasteiger partial charge in [0, 0.05) is 12.7 Å². The van der Waals surface area contributed by atoms with Crippen molar-refractivity contribution in [1.82, 2.24) is 0 Å². The number of nitrogens with zero attached hydrogens (tertiary/aromatic N) is 2. The number of anilines is 1. The Morgan fingerprint density at radius 1 is 1.31 bits per heavy atom. The molecule has 0 N–H and O–H groups in total. The van der Waals surface area contributed by atoms with E-state index in [9.17, 15) is 0 Å². The van der Waals surface area contributed by atoms with Gasteiger partial charge in [0.05, 0.1) is 6.07 Å². The number of aryl methyl sites for hydroxylation is 1. The van der Waals surface area contributed by atoms with Crippen LogP contribution in [0.3, 0.4) is 0 Å². The number of benzene rings is 1. The summed E-state index contributed by atoms with van der Waals surface area (Å²) in [6.07, 6.45) is 1.06. The maximum Gasteiger partial charge on any atom is 0.105 e. The summed E-state index contributed by atoms with van der Waals surface area (Å²) in [5.74, 6) is 0. The fourth-order valence-corrected chi connectivity index (χ4v) is 1.18. The zero-order chi connectivity index (χ0) is 9.68. The molecule has 0 fully saturated rings. The summed E-state index contributed by atoms with van der Waals surface area (Å²) < 4.78 is 0. The molecule has 0 spiro atoms. The molecular formula is C11H14N2. The molecule has 0 saturated heterocycles. The predicted octanol–water partition coefficient (Wildman–Crippen LogP) is 2.21. The molecule has 0 aliphatic rings. The van der Waals surface area contributed by atoms with Gasteiger partial charge in [-0.3, -0.25) is 0 Å². The summed E-state index contributed by atoms with van der Waals surface area (Å²) in [4.78, 5) is 1.93. The van der Waals surface area contributed by atoms with Crippen LogP contribution in [0.15, 0.2) is 24.3 Å². The van der Waals surface area contributed by atoms with E-state index in [2.05, 4.69) is 37.3 Å². The van der Waals surface area contributed by atoms with Crippen LogP contribution in [0.25, 0.3) is 0 Å².